The quantitative estimate of drug-likeness (QED) is 0.330. The minimum absolute atomic E-state index is 0.199. The largest absolute Gasteiger partial charge is 0.358 e. The molecule has 3 aliphatic rings. The Morgan fingerprint density at radius 2 is 1.62 bits per heavy atom. The van der Waals surface area contributed by atoms with E-state index < -0.39 is 23.9 Å². The van der Waals surface area contributed by atoms with Gasteiger partial charge in [0.2, 0.25) is 11.8 Å². The first-order valence-electron chi connectivity index (χ1n) is 10.9. The lowest BCUT2D eigenvalue weighted by Gasteiger charge is -2.35. The summed E-state index contributed by atoms with van der Waals surface area (Å²) in [5, 5.41) is 0.526. The number of hydrogen-bond donors (Lipinski definition) is 0. The highest BCUT2D eigenvalue weighted by Gasteiger charge is 2.64. The number of nitrogens with zero attached hydrogens (tertiary/aromatic N) is 2. The molecule has 2 saturated heterocycles. The van der Waals surface area contributed by atoms with Crippen LogP contribution in [0.2, 0.25) is 5.02 Å². The van der Waals surface area contributed by atoms with E-state index in [-0.39, 0.29) is 17.6 Å². The molecule has 5 nitrogen and oxygen atoms in total. The molecule has 0 aliphatic carbocycles. The fourth-order valence-corrected chi connectivity index (χ4v) is 6.02. The predicted molar refractivity (Wildman–Crippen MR) is 133 cm³/mol. The monoisotopic (exact) mass is 532 g/mol. The Bertz CT molecular complexity index is 1390. The van der Waals surface area contributed by atoms with Crippen LogP contribution in [0.5, 0.6) is 0 Å². The molecule has 0 spiro atoms. The summed E-state index contributed by atoms with van der Waals surface area (Å²) < 4.78 is 0.768. The molecule has 7 heteroatoms. The number of carbonyl (C=O) groups is 3. The van der Waals surface area contributed by atoms with Crippen molar-refractivity contribution in [3.8, 4) is 0 Å². The van der Waals surface area contributed by atoms with Crippen LogP contribution in [0.3, 0.4) is 0 Å². The molecule has 168 valence electrons. The number of anilines is 1. The zero-order valence-corrected chi connectivity index (χ0v) is 20.1. The summed E-state index contributed by atoms with van der Waals surface area (Å²) >= 11 is 9.46. The van der Waals surface area contributed by atoms with E-state index >= 15 is 0 Å². The van der Waals surface area contributed by atoms with Crippen molar-refractivity contribution in [1.82, 2.24) is 4.90 Å². The molecule has 6 rings (SSSR count). The summed E-state index contributed by atoms with van der Waals surface area (Å²) in [6, 6.07) is 20.4. The number of benzene rings is 3. The molecule has 3 aromatic carbocycles. The second-order valence-corrected chi connectivity index (χ2v) is 10.0. The summed E-state index contributed by atoms with van der Waals surface area (Å²) in [4.78, 5) is 44.6. The molecule has 3 heterocycles. The number of carbonyl (C=O) groups excluding carboxylic acids is 3. The fraction of sp³-hybridized carbons (Fsp3) is 0.148. The predicted octanol–water partition coefficient (Wildman–Crippen LogP) is 5.50. The van der Waals surface area contributed by atoms with Gasteiger partial charge in [0.15, 0.2) is 5.78 Å². The van der Waals surface area contributed by atoms with Crippen LogP contribution in [0.4, 0.5) is 5.69 Å². The van der Waals surface area contributed by atoms with Crippen LogP contribution in [-0.2, 0) is 9.59 Å². The van der Waals surface area contributed by atoms with Crippen molar-refractivity contribution in [2.45, 2.75) is 12.1 Å². The van der Waals surface area contributed by atoms with Crippen LogP contribution >= 0.6 is 27.5 Å². The minimum Gasteiger partial charge on any atom is -0.358 e. The van der Waals surface area contributed by atoms with Gasteiger partial charge in [-0.3, -0.25) is 14.4 Å². The highest BCUT2D eigenvalue weighted by atomic mass is 79.9. The molecule has 0 saturated carbocycles. The third-order valence-electron chi connectivity index (χ3n) is 6.93. The minimum atomic E-state index is -0.797. The highest BCUT2D eigenvalue weighted by molar-refractivity contribution is 9.10. The molecule has 3 aromatic rings. The molecular weight excluding hydrogens is 516 g/mol. The van der Waals surface area contributed by atoms with Crippen LogP contribution in [-0.4, -0.2) is 28.5 Å². The molecule has 2 fully saturated rings. The van der Waals surface area contributed by atoms with Gasteiger partial charge in [-0.15, -0.1) is 0 Å². The maximum atomic E-state index is 13.8. The standard InChI is InChI=1S/C27H18BrClN2O3/c28-17-5-3-6-19(14-17)31-26(33)21-22(27(31)34)24(25(32)16-8-10-18(29)11-9-16)30-13-12-15-4-1-2-7-20(15)23(21)30/h1-14,21-24H. The number of rotatable bonds is 3. The third-order valence-corrected chi connectivity index (χ3v) is 7.67. The van der Waals surface area contributed by atoms with Crippen molar-refractivity contribution in [3.63, 3.8) is 0 Å². The van der Waals surface area contributed by atoms with Gasteiger partial charge in [-0.1, -0.05) is 57.9 Å². The number of ketones is 1. The fourth-order valence-electron chi connectivity index (χ4n) is 5.51. The third kappa shape index (κ3) is 3.09. The van der Waals surface area contributed by atoms with Gasteiger partial charge in [-0.05, 0) is 59.7 Å². The Kier molecular flexibility index (Phi) is 4.97. The highest BCUT2D eigenvalue weighted by Crippen LogP contribution is 2.53. The maximum Gasteiger partial charge on any atom is 0.240 e. The van der Waals surface area contributed by atoms with Crippen molar-refractivity contribution < 1.29 is 14.4 Å². The van der Waals surface area contributed by atoms with Crippen LogP contribution in [0, 0.1) is 11.8 Å². The van der Waals surface area contributed by atoms with Crippen LogP contribution in [0.15, 0.2) is 83.5 Å². The molecule has 3 aliphatic heterocycles. The van der Waals surface area contributed by atoms with Gasteiger partial charge < -0.3 is 4.90 Å². The van der Waals surface area contributed by atoms with Gasteiger partial charge in [-0.25, -0.2) is 4.90 Å². The molecule has 0 N–H and O–H groups in total. The Balaban J connectivity index is 1.50. The number of halogens is 2. The summed E-state index contributed by atoms with van der Waals surface area (Å²) in [5.41, 5.74) is 2.90. The van der Waals surface area contributed by atoms with E-state index in [1.807, 2.05) is 47.5 Å². The van der Waals surface area contributed by atoms with Crippen LogP contribution in [0.25, 0.3) is 6.08 Å². The van der Waals surface area contributed by atoms with Crippen molar-refractivity contribution in [1.29, 1.82) is 0 Å². The molecule has 34 heavy (non-hydrogen) atoms. The SMILES string of the molecule is O=C(c1ccc(Cl)cc1)C1C2C(=O)N(c3cccc(Br)c3)C(=O)C2C2c3ccccc3C=CN12. The first-order chi connectivity index (χ1) is 16.5. The molecule has 4 unspecified atom stereocenters. The number of hydrogen-bond acceptors (Lipinski definition) is 4. The van der Waals surface area contributed by atoms with Gasteiger partial charge >= 0.3 is 0 Å². The average molecular weight is 534 g/mol. The second-order valence-electron chi connectivity index (χ2n) is 8.70. The Labute approximate surface area is 209 Å². The van der Waals surface area contributed by atoms with Gasteiger partial charge in [-0.2, -0.15) is 0 Å². The van der Waals surface area contributed by atoms with Crippen molar-refractivity contribution in [3.05, 3.63) is 105 Å². The molecule has 4 atom stereocenters. The van der Waals surface area contributed by atoms with Crippen molar-refractivity contribution in [2.75, 3.05) is 4.90 Å². The molecule has 0 radical (unpaired) electrons. The Hall–Kier alpha value is -3.22. The van der Waals surface area contributed by atoms with E-state index in [0.29, 0.717) is 16.3 Å². The summed E-state index contributed by atoms with van der Waals surface area (Å²) in [7, 11) is 0. The van der Waals surface area contributed by atoms with Crippen molar-refractivity contribution >= 4 is 56.9 Å². The van der Waals surface area contributed by atoms with Gasteiger partial charge in [0.1, 0.15) is 6.04 Å². The normalized spacial score (nSPS) is 24.8. The topological polar surface area (TPSA) is 57.7 Å². The maximum absolute atomic E-state index is 13.8. The lowest BCUT2D eigenvalue weighted by atomic mass is 9.83. The van der Waals surface area contributed by atoms with E-state index in [9.17, 15) is 14.4 Å². The molecule has 0 aromatic heterocycles. The smallest absolute Gasteiger partial charge is 0.240 e. The van der Waals surface area contributed by atoms with Crippen LogP contribution < -0.4 is 4.90 Å². The van der Waals surface area contributed by atoms with Gasteiger partial charge in [0.25, 0.3) is 0 Å². The Morgan fingerprint density at radius 1 is 0.882 bits per heavy atom. The number of Topliss-reactive ketones (excluding diaryl/α,β-unsaturated/α-hetero) is 1. The summed E-state index contributed by atoms with van der Waals surface area (Å²) in [5.74, 6) is -2.29. The van der Waals surface area contributed by atoms with Gasteiger partial charge in [0.05, 0.1) is 23.6 Å². The van der Waals surface area contributed by atoms with E-state index in [1.165, 1.54) is 4.90 Å². The number of amides is 2. The first kappa shape index (κ1) is 21.3. The zero-order valence-electron chi connectivity index (χ0n) is 17.8. The Morgan fingerprint density at radius 3 is 2.38 bits per heavy atom. The van der Waals surface area contributed by atoms with E-state index in [4.69, 9.17) is 11.6 Å². The first-order valence-corrected chi connectivity index (χ1v) is 12.1. The summed E-state index contributed by atoms with van der Waals surface area (Å²) in [6.07, 6.45) is 3.80. The number of imide groups is 1. The van der Waals surface area contributed by atoms with E-state index in [2.05, 4.69) is 15.9 Å². The van der Waals surface area contributed by atoms with Crippen molar-refractivity contribution in [2.24, 2.45) is 11.8 Å². The van der Waals surface area contributed by atoms with Gasteiger partial charge in [0, 0.05) is 21.3 Å². The second kappa shape index (κ2) is 7.93. The molecule has 0 bridgehead atoms. The summed E-state index contributed by atoms with van der Waals surface area (Å²) in [6.45, 7) is 0. The van der Waals surface area contributed by atoms with E-state index in [0.717, 1.165) is 15.6 Å². The van der Waals surface area contributed by atoms with Crippen LogP contribution in [0.1, 0.15) is 27.5 Å². The lowest BCUT2D eigenvalue weighted by molar-refractivity contribution is -0.123. The zero-order chi connectivity index (χ0) is 23.6. The molecule has 2 amide bonds. The molecular formula is C27H18BrClN2O3. The lowest BCUT2D eigenvalue weighted by Crippen LogP contribution is -2.44. The van der Waals surface area contributed by atoms with E-state index in [1.54, 1.807) is 42.5 Å². The average Bonchev–Trinajstić information content (AvgIpc) is 3.31. The number of fused-ring (bicyclic) bond motifs is 5.